The van der Waals surface area contributed by atoms with Gasteiger partial charge in [-0.05, 0) is 75.1 Å². The van der Waals surface area contributed by atoms with Crippen molar-refractivity contribution in [3.05, 3.63) is 94.1 Å². The van der Waals surface area contributed by atoms with E-state index < -0.39 is 51.7 Å². The lowest BCUT2D eigenvalue weighted by molar-refractivity contribution is -0.138. The predicted molar refractivity (Wildman–Crippen MR) is 181 cm³/mol. The maximum atomic E-state index is 14.3. The number of nitrogens with one attached hydrogen (secondary N) is 3. The Kier molecular flexibility index (Phi) is 10.7. The van der Waals surface area contributed by atoms with Crippen LogP contribution in [0.2, 0.25) is 5.02 Å². The van der Waals surface area contributed by atoms with Crippen molar-refractivity contribution in [1.29, 1.82) is 0 Å². The third-order valence-electron chi connectivity index (χ3n) is 8.15. The average Bonchev–Trinajstić information content (AvgIpc) is 3.00. The van der Waals surface area contributed by atoms with Crippen LogP contribution in [-0.2, 0) is 31.0 Å². The number of carbonyl (C=O) groups is 3. The van der Waals surface area contributed by atoms with Gasteiger partial charge in [0.15, 0.2) is 0 Å². The fourth-order valence-corrected chi connectivity index (χ4v) is 7.30. The summed E-state index contributed by atoms with van der Waals surface area (Å²) in [6.07, 6.45) is 3.14. The number of fused-ring (bicyclic) bond motifs is 1. The van der Waals surface area contributed by atoms with Crippen LogP contribution in [0.25, 0.3) is 0 Å². The molecular formula is C34H40ClN5O7S. The summed E-state index contributed by atoms with van der Waals surface area (Å²) < 4.78 is 32.8. The summed E-state index contributed by atoms with van der Waals surface area (Å²) >= 11 is 6.24. The molecule has 1 aromatic heterocycles. The predicted octanol–water partition coefficient (Wildman–Crippen LogP) is 5.47. The molecule has 3 N–H and O–H groups in total. The fraction of sp³-hybridized carbons (Fsp3) is 0.412. The summed E-state index contributed by atoms with van der Waals surface area (Å²) in [5.74, 6) is -1.47. The van der Waals surface area contributed by atoms with Gasteiger partial charge in [0.2, 0.25) is 10.0 Å². The molecule has 3 aromatic rings. The molecule has 0 saturated heterocycles. The van der Waals surface area contributed by atoms with Crippen LogP contribution in [0.1, 0.15) is 85.6 Å². The van der Waals surface area contributed by atoms with Crippen LogP contribution in [-0.4, -0.2) is 60.1 Å². The van der Waals surface area contributed by atoms with Gasteiger partial charge in [0.1, 0.15) is 18.0 Å². The standard InChI is InChI=1S/C34H40ClN5O7S/c1-34(2,3)47-33(43)37-28-15-9-10-23(36-28)20-46-38-31(41)29-24-11-5-6-12-25(24)32(42)40(30(29)21-16-18-22(35)19-17-21)27-14-8-7-13-26(27)39-48(4,44)45/h5-6,9-12,15-19,26-27,29-30,39H,7-8,13-14,20H2,1-4H3,(H,38,41)(H,36,37,43)/t26-,27-,29+,30-/m0/s1. The normalized spacial score (nSPS) is 21.3. The Balaban J connectivity index is 1.44. The molecule has 48 heavy (non-hydrogen) atoms. The lowest BCUT2D eigenvalue weighted by Gasteiger charge is -2.49. The second-order valence-electron chi connectivity index (χ2n) is 13.0. The molecule has 2 aromatic carbocycles. The number of hydroxylamine groups is 1. The molecule has 256 valence electrons. The second-order valence-corrected chi connectivity index (χ2v) is 15.2. The summed E-state index contributed by atoms with van der Waals surface area (Å²) in [5, 5.41) is 3.07. The number of ether oxygens (including phenoxy) is 1. The fourth-order valence-electron chi connectivity index (χ4n) is 6.35. The topological polar surface area (TPSA) is 156 Å². The Morgan fingerprint density at radius 1 is 1.00 bits per heavy atom. The zero-order valence-corrected chi connectivity index (χ0v) is 28.8. The number of aromatic nitrogens is 1. The Hall–Kier alpha value is -4.04. The van der Waals surface area contributed by atoms with Crippen LogP contribution in [0.15, 0.2) is 66.7 Å². The number of halogens is 1. The van der Waals surface area contributed by atoms with Crippen molar-refractivity contribution in [1.82, 2.24) is 20.1 Å². The van der Waals surface area contributed by atoms with Crippen LogP contribution >= 0.6 is 11.6 Å². The number of hydrogen-bond donors (Lipinski definition) is 3. The van der Waals surface area contributed by atoms with Gasteiger partial charge in [-0.3, -0.25) is 19.7 Å². The molecule has 0 radical (unpaired) electrons. The molecule has 0 spiro atoms. The van der Waals surface area contributed by atoms with E-state index in [1.807, 2.05) is 0 Å². The number of pyridine rings is 1. The van der Waals surface area contributed by atoms with E-state index in [1.54, 1.807) is 92.4 Å². The minimum Gasteiger partial charge on any atom is -0.444 e. The first-order valence-corrected chi connectivity index (χ1v) is 18.0. The van der Waals surface area contributed by atoms with E-state index in [4.69, 9.17) is 21.2 Å². The maximum Gasteiger partial charge on any atom is 0.413 e. The summed E-state index contributed by atoms with van der Waals surface area (Å²) in [4.78, 5) is 52.4. The molecule has 12 nitrogen and oxygen atoms in total. The van der Waals surface area contributed by atoms with Crippen LogP contribution in [0, 0.1) is 0 Å². The highest BCUT2D eigenvalue weighted by atomic mass is 35.5. The molecule has 5 rings (SSSR count). The summed E-state index contributed by atoms with van der Waals surface area (Å²) in [7, 11) is -3.59. The quantitative estimate of drug-likeness (QED) is 0.249. The number of rotatable bonds is 9. The van der Waals surface area contributed by atoms with Gasteiger partial charge in [-0.2, -0.15) is 0 Å². The minimum absolute atomic E-state index is 0.124. The number of nitrogens with zero attached hydrogens (tertiary/aromatic N) is 2. The van der Waals surface area contributed by atoms with Gasteiger partial charge < -0.3 is 9.64 Å². The van der Waals surface area contributed by atoms with Crippen LogP contribution in [0.5, 0.6) is 0 Å². The number of carbonyl (C=O) groups excluding carboxylic acids is 3. The van der Waals surface area contributed by atoms with Crippen LogP contribution < -0.4 is 15.5 Å². The molecule has 2 aliphatic rings. The molecule has 1 aliphatic carbocycles. The molecule has 4 atom stereocenters. The van der Waals surface area contributed by atoms with Gasteiger partial charge >= 0.3 is 6.09 Å². The average molecular weight is 698 g/mol. The van der Waals surface area contributed by atoms with Crippen LogP contribution in [0.4, 0.5) is 10.6 Å². The van der Waals surface area contributed by atoms with E-state index in [0.29, 0.717) is 40.2 Å². The zero-order chi connectivity index (χ0) is 34.6. The lowest BCUT2D eigenvalue weighted by Crippen LogP contribution is -2.59. The summed E-state index contributed by atoms with van der Waals surface area (Å²) in [6.45, 7) is 5.14. The Labute approximate surface area is 285 Å². The molecular weight excluding hydrogens is 658 g/mol. The molecule has 1 saturated carbocycles. The lowest BCUT2D eigenvalue weighted by atomic mass is 9.76. The van der Waals surface area contributed by atoms with Gasteiger partial charge in [0.25, 0.3) is 11.8 Å². The van der Waals surface area contributed by atoms with Crippen molar-refractivity contribution >= 4 is 45.3 Å². The van der Waals surface area contributed by atoms with Crippen molar-refractivity contribution < 1.29 is 32.4 Å². The van der Waals surface area contributed by atoms with Crippen molar-refractivity contribution in [2.24, 2.45) is 0 Å². The van der Waals surface area contributed by atoms with Gasteiger partial charge in [-0.1, -0.05) is 60.8 Å². The third-order valence-corrected chi connectivity index (χ3v) is 9.13. The van der Waals surface area contributed by atoms with Crippen molar-refractivity contribution in [3.8, 4) is 0 Å². The SMILES string of the molecule is CC(C)(C)OC(=O)Nc1cccc(CONC(=O)[C@@H]2c3ccccc3C(=O)N([C@H]3CCCC[C@@H]3NS(C)(=O)=O)[C@H]2c2ccc(Cl)cc2)n1. The van der Waals surface area contributed by atoms with Gasteiger partial charge in [-0.25, -0.2) is 28.4 Å². The van der Waals surface area contributed by atoms with E-state index in [-0.39, 0.29) is 18.3 Å². The van der Waals surface area contributed by atoms with Crippen molar-refractivity contribution in [2.75, 3.05) is 11.6 Å². The van der Waals surface area contributed by atoms with E-state index >= 15 is 0 Å². The molecule has 0 unspecified atom stereocenters. The summed E-state index contributed by atoms with van der Waals surface area (Å²) in [5.41, 5.74) is 3.85. The highest BCUT2D eigenvalue weighted by Gasteiger charge is 2.49. The first kappa shape index (κ1) is 35.3. The Bertz CT molecular complexity index is 1760. The zero-order valence-electron chi connectivity index (χ0n) is 27.2. The molecule has 2 heterocycles. The smallest absolute Gasteiger partial charge is 0.413 e. The largest absolute Gasteiger partial charge is 0.444 e. The monoisotopic (exact) mass is 697 g/mol. The van der Waals surface area contributed by atoms with Crippen molar-refractivity contribution in [3.63, 3.8) is 0 Å². The van der Waals surface area contributed by atoms with Crippen LogP contribution in [0.3, 0.4) is 0 Å². The van der Waals surface area contributed by atoms with E-state index in [2.05, 4.69) is 20.5 Å². The molecule has 1 fully saturated rings. The van der Waals surface area contributed by atoms with Gasteiger partial charge in [0.05, 0.1) is 23.9 Å². The van der Waals surface area contributed by atoms with E-state index in [9.17, 15) is 22.8 Å². The van der Waals surface area contributed by atoms with E-state index in [1.165, 1.54) is 0 Å². The number of hydrogen-bond acceptors (Lipinski definition) is 8. The Morgan fingerprint density at radius 3 is 2.42 bits per heavy atom. The first-order valence-electron chi connectivity index (χ1n) is 15.7. The number of benzene rings is 2. The molecule has 1 aliphatic heterocycles. The molecule has 3 amide bonds. The third kappa shape index (κ3) is 8.70. The minimum atomic E-state index is -3.59. The second kappa shape index (κ2) is 14.6. The van der Waals surface area contributed by atoms with Gasteiger partial charge in [-0.15, -0.1) is 0 Å². The van der Waals surface area contributed by atoms with E-state index in [0.717, 1.165) is 19.1 Å². The highest BCUT2D eigenvalue weighted by molar-refractivity contribution is 7.88. The maximum absolute atomic E-state index is 14.3. The molecule has 14 heteroatoms. The van der Waals surface area contributed by atoms with Gasteiger partial charge in [0, 0.05) is 22.7 Å². The molecule has 0 bridgehead atoms. The number of sulfonamides is 1. The first-order chi connectivity index (χ1) is 22.7. The Morgan fingerprint density at radius 2 is 1.71 bits per heavy atom. The summed E-state index contributed by atoms with van der Waals surface area (Å²) in [6, 6.07) is 17.0. The highest BCUT2D eigenvalue weighted by Crippen LogP contribution is 2.46. The van der Waals surface area contributed by atoms with Crippen molar-refractivity contribution in [2.45, 2.75) is 82.7 Å². The number of amides is 3. The number of anilines is 1.